The van der Waals surface area contributed by atoms with Crippen LogP contribution in [0.15, 0.2) is 12.2 Å². The predicted molar refractivity (Wildman–Crippen MR) is 73.6 cm³/mol. The SMILES string of the molecule is C=C1COC(C)[C@]12CC1CC(O)CC(C)C1(C)C2O. The second-order valence-electron chi connectivity index (χ2n) is 7.29. The molecule has 0 aromatic rings. The second kappa shape index (κ2) is 4.06. The van der Waals surface area contributed by atoms with Gasteiger partial charge in [0.05, 0.1) is 24.9 Å². The van der Waals surface area contributed by atoms with Gasteiger partial charge in [-0.05, 0) is 43.6 Å². The Bertz CT molecular complexity index is 407. The Morgan fingerprint density at radius 1 is 1.26 bits per heavy atom. The molecule has 1 spiro atoms. The summed E-state index contributed by atoms with van der Waals surface area (Å²) in [5.74, 6) is 0.693. The molecule has 0 amide bonds. The fraction of sp³-hybridized carbons (Fsp3) is 0.875. The van der Waals surface area contributed by atoms with Gasteiger partial charge in [-0.3, -0.25) is 0 Å². The van der Waals surface area contributed by atoms with Crippen LogP contribution in [0.3, 0.4) is 0 Å². The summed E-state index contributed by atoms with van der Waals surface area (Å²) in [6, 6.07) is 0. The molecule has 3 heteroatoms. The van der Waals surface area contributed by atoms with Gasteiger partial charge >= 0.3 is 0 Å². The molecule has 1 saturated heterocycles. The highest BCUT2D eigenvalue weighted by Crippen LogP contribution is 2.65. The number of rotatable bonds is 0. The standard InChI is InChI=1S/C16H26O3/c1-9-5-13(17)6-12-7-16(14(18)15(9,12)4)10(2)8-19-11(16)3/h9,11-14,17-18H,2,5-8H2,1,3-4H3/t9?,11?,12?,13?,14?,15?,16-/m0/s1. The molecule has 3 rings (SSSR count). The van der Waals surface area contributed by atoms with E-state index in [1.165, 1.54) is 0 Å². The van der Waals surface area contributed by atoms with Gasteiger partial charge in [-0.2, -0.15) is 0 Å². The van der Waals surface area contributed by atoms with Crippen LogP contribution in [0.25, 0.3) is 0 Å². The minimum absolute atomic E-state index is 0.0294. The molecule has 2 N–H and O–H groups in total. The molecule has 2 saturated carbocycles. The van der Waals surface area contributed by atoms with Crippen molar-refractivity contribution in [2.75, 3.05) is 6.61 Å². The van der Waals surface area contributed by atoms with Gasteiger partial charge in [0.25, 0.3) is 0 Å². The van der Waals surface area contributed by atoms with E-state index in [1.54, 1.807) is 0 Å². The first kappa shape index (κ1) is 13.6. The normalized spacial score (nSPS) is 57.7. The van der Waals surface area contributed by atoms with Crippen LogP contribution in [0.4, 0.5) is 0 Å². The Balaban J connectivity index is 2.03. The third kappa shape index (κ3) is 1.50. The highest BCUT2D eigenvalue weighted by molar-refractivity contribution is 5.28. The lowest BCUT2D eigenvalue weighted by molar-refractivity contribution is -0.0932. The lowest BCUT2D eigenvalue weighted by Crippen LogP contribution is -2.49. The van der Waals surface area contributed by atoms with Gasteiger partial charge in [0, 0.05) is 10.8 Å². The van der Waals surface area contributed by atoms with E-state index in [-0.39, 0.29) is 23.0 Å². The van der Waals surface area contributed by atoms with E-state index in [0.29, 0.717) is 18.4 Å². The molecule has 19 heavy (non-hydrogen) atoms. The van der Waals surface area contributed by atoms with Crippen LogP contribution in [-0.4, -0.2) is 35.1 Å². The third-order valence-corrected chi connectivity index (χ3v) is 6.68. The van der Waals surface area contributed by atoms with Crippen molar-refractivity contribution in [3.63, 3.8) is 0 Å². The first-order chi connectivity index (χ1) is 8.83. The smallest absolute Gasteiger partial charge is 0.0718 e. The molecule has 3 fully saturated rings. The van der Waals surface area contributed by atoms with Crippen LogP contribution in [0, 0.1) is 22.7 Å². The summed E-state index contributed by atoms with van der Waals surface area (Å²) < 4.78 is 5.76. The average Bonchev–Trinajstić information content (AvgIpc) is 2.74. The molecule has 1 heterocycles. The summed E-state index contributed by atoms with van der Waals surface area (Å²) >= 11 is 0. The second-order valence-corrected chi connectivity index (χ2v) is 7.29. The Kier molecular flexibility index (Phi) is 2.91. The molecule has 1 aliphatic heterocycles. The monoisotopic (exact) mass is 266 g/mol. The molecular formula is C16H26O3. The number of ether oxygens (including phenoxy) is 1. The van der Waals surface area contributed by atoms with Crippen molar-refractivity contribution in [2.24, 2.45) is 22.7 Å². The summed E-state index contributed by atoms with van der Waals surface area (Å²) in [7, 11) is 0. The molecule has 3 nitrogen and oxygen atoms in total. The van der Waals surface area contributed by atoms with Crippen molar-refractivity contribution in [1.82, 2.24) is 0 Å². The molecule has 0 aromatic heterocycles. The van der Waals surface area contributed by atoms with Crippen LogP contribution < -0.4 is 0 Å². The van der Waals surface area contributed by atoms with Crippen molar-refractivity contribution in [2.45, 2.75) is 58.3 Å². The van der Waals surface area contributed by atoms with Gasteiger partial charge in [0.1, 0.15) is 0 Å². The van der Waals surface area contributed by atoms with E-state index in [1.807, 2.05) is 0 Å². The number of hydrogen-bond acceptors (Lipinski definition) is 3. The van der Waals surface area contributed by atoms with Crippen molar-refractivity contribution < 1.29 is 14.9 Å². The quantitative estimate of drug-likeness (QED) is 0.660. The van der Waals surface area contributed by atoms with Crippen molar-refractivity contribution in [3.8, 4) is 0 Å². The maximum absolute atomic E-state index is 11.1. The lowest BCUT2D eigenvalue weighted by atomic mass is 9.60. The fourth-order valence-corrected chi connectivity index (χ4v) is 5.14. The van der Waals surface area contributed by atoms with Crippen LogP contribution in [0.5, 0.6) is 0 Å². The van der Waals surface area contributed by atoms with E-state index in [9.17, 15) is 10.2 Å². The first-order valence-electron chi connectivity index (χ1n) is 7.49. The van der Waals surface area contributed by atoms with Gasteiger partial charge in [0.15, 0.2) is 0 Å². The maximum atomic E-state index is 11.1. The van der Waals surface area contributed by atoms with Crippen LogP contribution in [0.1, 0.15) is 40.0 Å². The molecule has 108 valence electrons. The van der Waals surface area contributed by atoms with Gasteiger partial charge < -0.3 is 14.9 Å². The Labute approximate surface area is 115 Å². The molecular weight excluding hydrogens is 240 g/mol. The topological polar surface area (TPSA) is 49.7 Å². The van der Waals surface area contributed by atoms with E-state index in [4.69, 9.17) is 4.74 Å². The molecule has 0 radical (unpaired) electrons. The van der Waals surface area contributed by atoms with E-state index < -0.39 is 6.10 Å². The van der Waals surface area contributed by atoms with Crippen LogP contribution in [0.2, 0.25) is 0 Å². The number of aliphatic hydroxyl groups excluding tert-OH is 2. The van der Waals surface area contributed by atoms with Crippen LogP contribution in [-0.2, 0) is 4.74 Å². The lowest BCUT2D eigenvalue weighted by Gasteiger charge is -2.47. The fourth-order valence-electron chi connectivity index (χ4n) is 5.14. The number of hydrogen-bond donors (Lipinski definition) is 2. The zero-order valence-corrected chi connectivity index (χ0v) is 12.2. The molecule has 3 aliphatic rings. The van der Waals surface area contributed by atoms with Gasteiger partial charge in [-0.1, -0.05) is 20.4 Å². The minimum Gasteiger partial charge on any atom is -0.393 e. The summed E-state index contributed by atoms with van der Waals surface area (Å²) in [5, 5.41) is 21.2. The predicted octanol–water partition coefficient (Wildman–Crippen LogP) is 2.13. The van der Waals surface area contributed by atoms with Gasteiger partial charge in [0.2, 0.25) is 0 Å². The maximum Gasteiger partial charge on any atom is 0.0718 e. The zero-order valence-electron chi connectivity index (χ0n) is 12.2. The van der Waals surface area contributed by atoms with Crippen molar-refractivity contribution in [1.29, 1.82) is 0 Å². The van der Waals surface area contributed by atoms with Gasteiger partial charge in [-0.25, -0.2) is 0 Å². The summed E-state index contributed by atoms with van der Waals surface area (Å²) in [6.07, 6.45) is 1.91. The number of aliphatic hydroxyl groups is 2. The largest absolute Gasteiger partial charge is 0.393 e. The highest BCUT2D eigenvalue weighted by Gasteiger charge is 2.67. The minimum atomic E-state index is -0.405. The molecule has 0 bridgehead atoms. The molecule has 7 atom stereocenters. The summed E-state index contributed by atoms with van der Waals surface area (Å²) in [4.78, 5) is 0. The summed E-state index contributed by atoms with van der Waals surface area (Å²) in [6.45, 7) is 11.2. The molecule has 6 unspecified atom stereocenters. The Morgan fingerprint density at radius 2 is 1.95 bits per heavy atom. The molecule has 0 aromatic carbocycles. The summed E-state index contributed by atoms with van der Waals surface area (Å²) in [5.41, 5.74) is 0.631. The average molecular weight is 266 g/mol. The van der Waals surface area contributed by atoms with Crippen LogP contribution >= 0.6 is 0 Å². The first-order valence-corrected chi connectivity index (χ1v) is 7.49. The number of fused-ring (bicyclic) bond motifs is 1. The Hall–Kier alpha value is -0.380. The van der Waals surface area contributed by atoms with Crippen molar-refractivity contribution >= 4 is 0 Å². The van der Waals surface area contributed by atoms with E-state index >= 15 is 0 Å². The molecule has 2 aliphatic carbocycles. The third-order valence-electron chi connectivity index (χ3n) is 6.68. The Morgan fingerprint density at radius 3 is 2.53 bits per heavy atom. The highest BCUT2D eigenvalue weighted by atomic mass is 16.5. The zero-order chi connectivity index (χ0) is 14.0. The van der Waals surface area contributed by atoms with Crippen molar-refractivity contribution in [3.05, 3.63) is 12.2 Å². The van der Waals surface area contributed by atoms with E-state index in [2.05, 4.69) is 27.4 Å². The van der Waals surface area contributed by atoms with E-state index in [0.717, 1.165) is 24.8 Å². The van der Waals surface area contributed by atoms with Gasteiger partial charge in [-0.15, -0.1) is 0 Å².